The molecule has 0 saturated carbocycles. The van der Waals surface area contributed by atoms with Gasteiger partial charge in [-0.05, 0) is 18.6 Å². The maximum atomic E-state index is 13.6. The highest BCUT2D eigenvalue weighted by Crippen LogP contribution is 2.38. The Morgan fingerprint density at radius 2 is 2.06 bits per heavy atom. The average Bonchev–Trinajstić information content (AvgIpc) is 2.30. The van der Waals surface area contributed by atoms with Crippen molar-refractivity contribution in [2.24, 2.45) is 0 Å². The van der Waals surface area contributed by atoms with Crippen LogP contribution in [0.1, 0.15) is 24.8 Å². The number of halogens is 1. The normalized spacial score (nSPS) is 12.0. The largest absolute Gasteiger partial charge is 0.496 e. The van der Waals surface area contributed by atoms with E-state index in [1.54, 1.807) is 6.92 Å². The van der Waals surface area contributed by atoms with E-state index in [1.165, 1.54) is 26.4 Å². The van der Waals surface area contributed by atoms with E-state index >= 15 is 0 Å². The van der Waals surface area contributed by atoms with Crippen molar-refractivity contribution in [2.45, 2.75) is 19.3 Å². The van der Waals surface area contributed by atoms with Gasteiger partial charge in [-0.15, -0.1) is 0 Å². The second kappa shape index (κ2) is 5.52. The molecule has 1 rings (SSSR count). The monoisotopic (exact) mass is 242 g/mol. The summed E-state index contributed by atoms with van der Waals surface area (Å²) in [7, 11) is 2.71. The highest BCUT2D eigenvalue weighted by molar-refractivity contribution is 5.78. The second-order valence-corrected chi connectivity index (χ2v) is 3.50. The van der Waals surface area contributed by atoms with E-state index in [2.05, 4.69) is 0 Å². The third kappa shape index (κ3) is 2.49. The number of aliphatic carboxylic acids is 1. The summed E-state index contributed by atoms with van der Waals surface area (Å²) in [6, 6.07) is 2.59. The number of hydrogen-bond donors (Lipinski definition) is 1. The van der Waals surface area contributed by atoms with Crippen molar-refractivity contribution in [3.05, 3.63) is 23.5 Å². The Balaban J connectivity index is 3.45. The predicted octanol–water partition coefficient (Wildman–Crippen LogP) is 2.42. The molecule has 0 aliphatic rings. The van der Waals surface area contributed by atoms with Gasteiger partial charge in [0.05, 0.1) is 25.7 Å². The van der Waals surface area contributed by atoms with E-state index in [0.29, 0.717) is 12.2 Å². The fraction of sp³-hybridized carbons (Fsp3) is 0.417. The zero-order chi connectivity index (χ0) is 13.0. The number of carbonyl (C=O) groups is 1. The molecule has 17 heavy (non-hydrogen) atoms. The van der Waals surface area contributed by atoms with Crippen LogP contribution in [0.4, 0.5) is 4.39 Å². The van der Waals surface area contributed by atoms with E-state index in [-0.39, 0.29) is 11.3 Å². The third-order valence-corrected chi connectivity index (χ3v) is 2.59. The molecule has 0 saturated heterocycles. The van der Waals surface area contributed by atoms with Gasteiger partial charge in [-0.2, -0.15) is 0 Å². The molecule has 1 atom stereocenters. The van der Waals surface area contributed by atoms with Crippen LogP contribution in [0.15, 0.2) is 12.1 Å². The molecule has 0 amide bonds. The lowest BCUT2D eigenvalue weighted by atomic mass is 9.94. The summed E-state index contributed by atoms with van der Waals surface area (Å²) >= 11 is 0. The van der Waals surface area contributed by atoms with E-state index in [0.717, 1.165) is 0 Å². The zero-order valence-electron chi connectivity index (χ0n) is 9.99. The first-order chi connectivity index (χ1) is 8.06. The quantitative estimate of drug-likeness (QED) is 0.861. The lowest BCUT2D eigenvalue weighted by molar-refractivity contribution is -0.138. The fourth-order valence-corrected chi connectivity index (χ4v) is 1.77. The van der Waals surface area contributed by atoms with E-state index in [1.807, 2.05) is 0 Å². The first-order valence-corrected chi connectivity index (χ1v) is 5.19. The molecule has 1 N–H and O–H groups in total. The van der Waals surface area contributed by atoms with E-state index in [4.69, 9.17) is 14.6 Å². The molecule has 5 heteroatoms. The number of methoxy groups -OCH3 is 2. The summed E-state index contributed by atoms with van der Waals surface area (Å²) in [5, 5.41) is 9.12. The number of rotatable bonds is 5. The first-order valence-electron chi connectivity index (χ1n) is 5.19. The summed E-state index contributed by atoms with van der Waals surface area (Å²) in [5.74, 6) is -2.23. The standard InChI is InChI=1S/C12H15FO4/c1-4-7(12(14)15)10-9(16-2)6-5-8(13)11(10)17-3/h5-7H,4H2,1-3H3,(H,14,15). The molecule has 1 aromatic rings. The molecule has 1 aromatic carbocycles. The molecule has 0 bridgehead atoms. The minimum Gasteiger partial charge on any atom is -0.496 e. The van der Waals surface area contributed by atoms with Crippen molar-refractivity contribution >= 4 is 5.97 Å². The summed E-state index contributed by atoms with van der Waals surface area (Å²) < 4.78 is 23.6. The molecule has 0 radical (unpaired) electrons. The van der Waals surface area contributed by atoms with Crippen LogP contribution in [0, 0.1) is 5.82 Å². The molecule has 0 fully saturated rings. The Labute approximate surface area is 99.0 Å². The Bertz CT molecular complexity index is 417. The fourth-order valence-electron chi connectivity index (χ4n) is 1.77. The van der Waals surface area contributed by atoms with Gasteiger partial charge in [0.15, 0.2) is 11.6 Å². The molecule has 1 unspecified atom stereocenters. The second-order valence-electron chi connectivity index (χ2n) is 3.50. The van der Waals surface area contributed by atoms with Crippen molar-refractivity contribution in [1.82, 2.24) is 0 Å². The van der Waals surface area contributed by atoms with Crippen LogP contribution in [0.3, 0.4) is 0 Å². The topological polar surface area (TPSA) is 55.8 Å². The van der Waals surface area contributed by atoms with Crippen LogP contribution >= 0.6 is 0 Å². The lowest BCUT2D eigenvalue weighted by Crippen LogP contribution is -2.13. The van der Waals surface area contributed by atoms with E-state index in [9.17, 15) is 9.18 Å². The van der Waals surface area contributed by atoms with Crippen molar-refractivity contribution < 1.29 is 23.8 Å². The smallest absolute Gasteiger partial charge is 0.311 e. The maximum Gasteiger partial charge on any atom is 0.311 e. The third-order valence-electron chi connectivity index (χ3n) is 2.59. The van der Waals surface area contributed by atoms with Crippen LogP contribution in [-0.4, -0.2) is 25.3 Å². The number of ether oxygens (including phenoxy) is 2. The Morgan fingerprint density at radius 1 is 1.41 bits per heavy atom. The number of benzene rings is 1. The van der Waals surface area contributed by atoms with Gasteiger partial charge in [-0.1, -0.05) is 6.92 Å². The van der Waals surface area contributed by atoms with E-state index < -0.39 is 17.7 Å². The summed E-state index contributed by atoms with van der Waals surface area (Å²) in [5.41, 5.74) is 0.241. The van der Waals surface area contributed by atoms with Gasteiger partial charge in [0.1, 0.15) is 5.75 Å². The predicted molar refractivity (Wildman–Crippen MR) is 60.2 cm³/mol. The van der Waals surface area contributed by atoms with Gasteiger partial charge < -0.3 is 14.6 Å². The minimum atomic E-state index is -1.03. The van der Waals surface area contributed by atoms with Crippen LogP contribution in [-0.2, 0) is 4.79 Å². The van der Waals surface area contributed by atoms with Crippen LogP contribution in [0.2, 0.25) is 0 Å². The molecule has 4 nitrogen and oxygen atoms in total. The molecule has 0 heterocycles. The molecule has 0 spiro atoms. The summed E-state index contributed by atoms with van der Waals surface area (Å²) in [4.78, 5) is 11.1. The van der Waals surface area contributed by atoms with Gasteiger partial charge in [-0.3, -0.25) is 4.79 Å². The molecular formula is C12H15FO4. The van der Waals surface area contributed by atoms with Crippen LogP contribution in [0.25, 0.3) is 0 Å². The SMILES string of the molecule is CCC(C(=O)O)c1c(OC)ccc(F)c1OC. The van der Waals surface area contributed by atoms with Crippen LogP contribution in [0.5, 0.6) is 11.5 Å². The highest BCUT2D eigenvalue weighted by atomic mass is 19.1. The molecule has 0 aliphatic carbocycles. The number of carboxylic acid groups (broad SMARTS) is 1. The van der Waals surface area contributed by atoms with Crippen molar-refractivity contribution in [2.75, 3.05) is 14.2 Å². The Morgan fingerprint density at radius 3 is 2.47 bits per heavy atom. The molecule has 94 valence electrons. The van der Waals surface area contributed by atoms with Crippen molar-refractivity contribution in [3.63, 3.8) is 0 Å². The molecular weight excluding hydrogens is 227 g/mol. The van der Waals surface area contributed by atoms with Crippen LogP contribution < -0.4 is 9.47 Å². The molecule has 0 aromatic heterocycles. The summed E-state index contributed by atoms with van der Waals surface area (Å²) in [6.45, 7) is 1.71. The van der Waals surface area contributed by atoms with Crippen molar-refractivity contribution in [1.29, 1.82) is 0 Å². The highest BCUT2D eigenvalue weighted by Gasteiger charge is 2.27. The number of hydrogen-bond acceptors (Lipinski definition) is 3. The van der Waals surface area contributed by atoms with Gasteiger partial charge in [0.2, 0.25) is 0 Å². The Hall–Kier alpha value is -1.78. The maximum absolute atomic E-state index is 13.6. The summed E-state index contributed by atoms with van der Waals surface area (Å²) in [6.07, 6.45) is 0.325. The van der Waals surface area contributed by atoms with Gasteiger partial charge in [0, 0.05) is 0 Å². The minimum absolute atomic E-state index is 0.0707. The van der Waals surface area contributed by atoms with Gasteiger partial charge in [0.25, 0.3) is 0 Å². The zero-order valence-corrected chi connectivity index (χ0v) is 9.99. The molecule has 0 aliphatic heterocycles. The van der Waals surface area contributed by atoms with Gasteiger partial charge in [-0.25, -0.2) is 4.39 Å². The van der Waals surface area contributed by atoms with Gasteiger partial charge >= 0.3 is 5.97 Å². The average molecular weight is 242 g/mol. The Kier molecular flexibility index (Phi) is 4.31. The lowest BCUT2D eigenvalue weighted by Gasteiger charge is -2.18. The number of carboxylic acids is 1. The first kappa shape index (κ1) is 13.3. The van der Waals surface area contributed by atoms with Crippen molar-refractivity contribution in [3.8, 4) is 11.5 Å².